The Balaban J connectivity index is 1.51. The lowest BCUT2D eigenvalue weighted by molar-refractivity contribution is 0.619. The highest BCUT2D eigenvalue weighted by atomic mass is 16.3. The van der Waals surface area contributed by atoms with E-state index >= 15 is 0 Å². The Morgan fingerprint density at radius 2 is 1.15 bits per heavy atom. The molecule has 5 heteroatoms. The highest BCUT2D eigenvalue weighted by Gasteiger charge is 2.27. The summed E-state index contributed by atoms with van der Waals surface area (Å²) in [5.41, 5.74) is 7.72. The lowest BCUT2D eigenvalue weighted by atomic mass is 9.84. The van der Waals surface area contributed by atoms with Crippen molar-refractivity contribution in [3.05, 3.63) is 126 Å². The first-order valence-corrected chi connectivity index (χ1v) is 13.8. The van der Waals surface area contributed by atoms with Gasteiger partial charge in [-0.25, -0.2) is 19.9 Å². The summed E-state index contributed by atoms with van der Waals surface area (Å²) < 4.78 is 6.45. The summed E-state index contributed by atoms with van der Waals surface area (Å²) >= 11 is 0. The third-order valence-corrected chi connectivity index (χ3v) is 7.64. The van der Waals surface area contributed by atoms with E-state index < -0.39 is 0 Å². The monoisotopic (exact) mass is 528 g/mol. The fourth-order valence-corrected chi connectivity index (χ4v) is 5.77. The molecule has 0 radical (unpaired) electrons. The maximum absolute atomic E-state index is 6.45. The first kappa shape index (κ1) is 23.5. The van der Waals surface area contributed by atoms with Crippen molar-refractivity contribution in [2.24, 2.45) is 0 Å². The minimum atomic E-state index is 0.585. The van der Waals surface area contributed by atoms with E-state index in [2.05, 4.69) is 36.4 Å². The SMILES string of the molecule is C1=Cc2c(c(-c3nc4ccccc4o3)c(-c3nc(-c4ccccc4)nc(-c4ccccc4)n3)c3ccccc23)CC1. The molecule has 5 nitrogen and oxygen atoms in total. The Labute approximate surface area is 236 Å². The molecule has 1 aliphatic carbocycles. The standard InChI is InChI=1S/C36H24N4O/c1-3-13-23(14-4-1)33-38-34(24-15-5-2-6-16-24)40-35(39-33)31-27-19-9-7-17-25(27)26-18-8-10-20-28(26)32(31)36-37-29-21-11-12-22-30(29)41-36/h1-9,11-19,21-22H,10,20H2. The molecule has 5 aromatic carbocycles. The van der Waals surface area contributed by atoms with Crippen LogP contribution in [0.25, 0.3) is 73.6 Å². The Kier molecular flexibility index (Phi) is 5.52. The Bertz CT molecular complexity index is 2010. The van der Waals surface area contributed by atoms with Crippen LogP contribution in [-0.2, 0) is 6.42 Å². The maximum atomic E-state index is 6.45. The van der Waals surface area contributed by atoms with Gasteiger partial charge in [-0.3, -0.25) is 0 Å². The molecule has 0 bridgehead atoms. The molecule has 8 rings (SSSR count). The molecule has 0 spiro atoms. The number of allylic oxidation sites excluding steroid dienone is 1. The van der Waals surface area contributed by atoms with E-state index in [0.29, 0.717) is 23.4 Å². The van der Waals surface area contributed by atoms with Crippen LogP contribution in [0.5, 0.6) is 0 Å². The lowest BCUT2D eigenvalue weighted by Gasteiger charge is -2.21. The predicted octanol–water partition coefficient (Wildman–Crippen LogP) is 8.79. The van der Waals surface area contributed by atoms with Gasteiger partial charge in [-0.1, -0.05) is 109 Å². The van der Waals surface area contributed by atoms with Crippen LogP contribution in [0.2, 0.25) is 0 Å². The Morgan fingerprint density at radius 1 is 0.537 bits per heavy atom. The number of hydrogen-bond donors (Lipinski definition) is 0. The fraction of sp³-hybridized carbons (Fsp3) is 0.0556. The summed E-state index contributed by atoms with van der Waals surface area (Å²) in [5, 5.41) is 2.22. The average molecular weight is 529 g/mol. The molecule has 2 aromatic heterocycles. The van der Waals surface area contributed by atoms with Gasteiger partial charge in [0, 0.05) is 16.7 Å². The molecular formula is C36H24N4O. The topological polar surface area (TPSA) is 64.7 Å². The molecule has 7 aromatic rings. The fourth-order valence-electron chi connectivity index (χ4n) is 5.77. The minimum absolute atomic E-state index is 0.585. The molecule has 0 saturated heterocycles. The second-order valence-electron chi connectivity index (χ2n) is 10.2. The number of oxazole rings is 1. The highest BCUT2D eigenvalue weighted by molar-refractivity contribution is 6.08. The number of fused-ring (bicyclic) bond motifs is 4. The van der Waals surface area contributed by atoms with Crippen LogP contribution < -0.4 is 0 Å². The van der Waals surface area contributed by atoms with Gasteiger partial charge in [-0.2, -0.15) is 0 Å². The van der Waals surface area contributed by atoms with Gasteiger partial charge in [0.05, 0.1) is 5.56 Å². The smallest absolute Gasteiger partial charge is 0.228 e. The van der Waals surface area contributed by atoms with Gasteiger partial charge in [0.25, 0.3) is 0 Å². The van der Waals surface area contributed by atoms with Gasteiger partial charge >= 0.3 is 0 Å². The molecule has 0 fully saturated rings. The van der Waals surface area contributed by atoms with E-state index in [-0.39, 0.29) is 0 Å². The molecule has 0 unspecified atom stereocenters. The largest absolute Gasteiger partial charge is 0.436 e. The van der Waals surface area contributed by atoms with Gasteiger partial charge in [-0.15, -0.1) is 0 Å². The lowest BCUT2D eigenvalue weighted by Crippen LogP contribution is -2.06. The van der Waals surface area contributed by atoms with Gasteiger partial charge in [0.2, 0.25) is 5.89 Å². The molecule has 1 aliphatic rings. The molecule has 0 atom stereocenters. The van der Waals surface area contributed by atoms with Crippen molar-refractivity contribution in [1.29, 1.82) is 0 Å². The summed E-state index contributed by atoms with van der Waals surface area (Å²) in [6.45, 7) is 0. The van der Waals surface area contributed by atoms with E-state index in [1.165, 1.54) is 11.1 Å². The van der Waals surface area contributed by atoms with Crippen LogP contribution >= 0.6 is 0 Å². The van der Waals surface area contributed by atoms with E-state index in [0.717, 1.165) is 57.0 Å². The van der Waals surface area contributed by atoms with Crippen LogP contribution in [0.15, 0.2) is 120 Å². The van der Waals surface area contributed by atoms with Crippen LogP contribution in [0.1, 0.15) is 17.5 Å². The summed E-state index contributed by atoms with van der Waals surface area (Å²) in [6.07, 6.45) is 6.29. The summed E-state index contributed by atoms with van der Waals surface area (Å²) in [4.78, 5) is 20.2. The predicted molar refractivity (Wildman–Crippen MR) is 164 cm³/mol. The van der Waals surface area contributed by atoms with Crippen molar-refractivity contribution in [3.63, 3.8) is 0 Å². The highest BCUT2D eigenvalue weighted by Crippen LogP contribution is 2.45. The average Bonchev–Trinajstić information content (AvgIpc) is 3.49. The van der Waals surface area contributed by atoms with Gasteiger partial charge < -0.3 is 4.42 Å². The molecule has 2 heterocycles. The van der Waals surface area contributed by atoms with Crippen molar-refractivity contribution in [3.8, 4) is 45.6 Å². The molecule has 194 valence electrons. The van der Waals surface area contributed by atoms with Crippen LogP contribution in [0.4, 0.5) is 0 Å². The Hall–Kier alpha value is -5.42. The van der Waals surface area contributed by atoms with Gasteiger partial charge in [-0.05, 0) is 46.9 Å². The van der Waals surface area contributed by atoms with Gasteiger partial charge in [0.1, 0.15) is 5.52 Å². The number of aromatic nitrogens is 4. The van der Waals surface area contributed by atoms with Crippen LogP contribution in [-0.4, -0.2) is 19.9 Å². The summed E-state index contributed by atoms with van der Waals surface area (Å²) in [6, 6.07) is 36.5. The molecular weight excluding hydrogens is 504 g/mol. The summed E-state index contributed by atoms with van der Waals surface area (Å²) in [5.74, 6) is 2.43. The zero-order valence-electron chi connectivity index (χ0n) is 22.2. The second-order valence-corrected chi connectivity index (χ2v) is 10.2. The summed E-state index contributed by atoms with van der Waals surface area (Å²) in [7, 11) is 0. The second kappa shape index (κ2) is 9.65. The molecule has 41 heavy (non-hydrogen) atoms. The normalized spacial score (nSPS) is 12.6. The quantitative estimate of drug-likeness (QED) is 0.228. The van der Waals surface area contributed by atoms with Crippen molar-refractivity contribution in [2.75, 3.05) is 0 Å². The minimum Gasteiger partial charge on any atom is -0.436 e. The van der Waals surface area contributed by atoms with E-state index in [1.54, 1.807) is 0 Å². The Morgan fingerprint density at radius 3 is 1.85 bits per heavy atom. The van der Waals surface area contributed by atoms with Crippen LogP contribution in [0, 0.1) is 0 Å². The number of benzene rings is 5. The van der Waals surface area contributed by atoms with Crippen molar-refractivity contribution >= 4 is 27.9 Å². The number of para-hydroxylation sites is 2. The number of rotatable bonds is 4. The molecule has 0 N–H and O–H groups in total. The first-order chi connectivity index (χ1) is 20.3. The van der Waals surface area contributed by atoms with Crippen LogP contribution in [0.3, 0.4) is 0 Å². The zero-order valence-corrected chi connectivity index (χ0v) is 22.2. The number of hydrogen-bond acceptors (Lipinski definition) is 5. The first-order valence-electron chi connectivity index (χ1n) is 13.8. The van der Waals surface area contributed by atoms with Crippen molar-refractivity contribution in [1.82, 2.24) is 19.9 Å². The molecule has 0 aliphatic heterocycles. The maximum Gasteiger partial charge on any atom is 0.228 e. The molecule has 0 amide bonds. The number of nitrogens with zero attached hydrogens (tertiary/aromatic N) is 4. The third-order valence-electron chi connectivity index (χ3n) is 7.64. The van der Waals surface area contributed by atoms with Crippen molar-refractivity contribution < 1.29 is 4.42 Å². The van der Waals surface area contributed by atoms with Crippen molar-refractivity contribution in [2.45, 2.75) is 12.8 Å². The van der Waals surface area contributed by atoms with E-state index in [4.69, 9.17) is 24.4 Å². The zero-order chi connectivity index (χ0) is 27.2. The van der Waals surface area contributed by atoms with Gasteiger partial charge in [0.15, 0.2) is 23.1 Å². The van der Waals surface area contributed by atoms with E-state index in [1.807, 2.05) is 84.9 Å². The van der Waals surface area contributed by atoms with E-state index in [9.17, 15) is 0 Å². The molecule has 0 saturated carbocycles. The third kappa shape index (κ3) is 4.02.